The standard InChI is InChI=1S/C13H16O/c1-9-5-4-6-11-7-10(2)13(14-3)8-12(9)11/h5,7-8H,4,6H2,1-3H3. The molecule has 0 aliphatic heterocycles. The Morgan fingerprint density at radius 1 is 1.21 bits per heavy atom. The van der Waals surface area contributed by atoms with Crippen LogP contribution in [0, 0.1) is 6.92 Å². The van der Waals surface area contributed by atoms with Gasteiger partial charge in [0, 0.05) is 0 Å². The largest absolute Gasteiger partial charge is 0.496 e. The van der Waals surface area contributed by atoms with Crippen LogP contribution in [0.15, 0.2) is 18.2 Å². The molecule has 0 heterocycles. The van der Waals surface area contributed by atoms with E-state index >= 15 is 0 Å². The zero-order valence-electron chi connectivity index (χ0n) is 9.05. The van der Waals surface area contributed by atoms with Crippen LogP contribution in [-0.2, 0) is 6.42 Å². The summed E-state index contributed by atoms with van der Waals surface area (Å²) in [6.07, 6.45) is 4.64. The quantitative estimate of drug-likeness (QED) is 0.656. The second kappa shape index (κ2) is 3.49. The van der Waals surface area contributed by atoms with E-state index in [4.69, 9.17) is 4.74 Å². The van der Waals surface area contributed by atoms with Gasteiger partial charge in [-0.3, -0.25) is 0 Å². The van der Waals surface area contributed by atoms with E-state index in [9.17, 15) is 0 Å². The highest BCUT2D eigenvalue weighted by Crippen LogP contribution is 2.31. The van der Waals surface area contributed by atoms with Gasteiger partial charge in [0.15, 0.2) is 0 Å². The van der Waals surface area contributed by atoms with E-state index in [0.717, 1.165) is 12.2 Å². The van der Waals surface area contributed by atoms with Crippen molar-refractivity contribution in [1.82, 2.24) is 0 Å². The number of allylic oxidation sites excluding steroid dienone is 2. The molecule has 14 heavy (non-hydrogen) atoms. The summed E-state index contributed by atoms with van der Waals surface area (Å²) in [6, 6.07) is 4.42. The van der Waals surface area contributed by atoms with Crippen LogP contribution in [-0.4, -0.2) is 7.11 Å². The molecule has 1 aliphatic rings. The van der Waals surface area contributed by atoms with Crippen molar-refractivity contribution < 1.29 is 4.74 Å². The number of hydrogen-bond donors (Lipinski definition) is 0. The zero-order chi connectivity index (χ0) is 10.1. The molecule has 0 radical (unpaired) electrons. The minimum absolute atomic E-state index is 0.999. The van der Waals surface area contributed by atoms with Gasteiger partial charge in [-0.05, 0) is 55.0 Å². The molecule has 0 bridgehead atoms. The molecule has 1 aliphatic carbocycles. The smallest absolute Gasteiger partial charge is 0.122 e. The van der Waals surface area contributed by atoms with Crippen molar-refractivity contribution in [2.24, 2.45) is 0 Å². The fourth-order valence-electron chi connectivity index (χ4n) is 2.10. The van der Waals surface area contributed by atoms with Crippen molar-refractivity contribution in [3.63, 3.8) is 0 Å². The molecule has 1 heteroatoms. The number of hydrogen-bond acceptors (Lipinski definition) is 1. The summed E-state index contributed by atoms with van der Waals surface area (Å²) in [5.41, 5.74) is 5.44. The van der Waals surface area contributed by atoms with E-state index in [1.807, 2.05) is 0 Å². The normalized spacial score (nSPS) is 14.6. The Morgan fingerprint density at radius 3 is 2.71 bits per heavy atom. The Hall–Kier alpha value is -1.24. The van der Waals surface area contributed by atoms with E-state index in [1.165, 1.54) is 28.7 Å². The average Bonchev–Trinajstić information content (AvgIpc) is 2.17. The van der Waals surface area contributed by atoms with E-state index in [0.29, 0.717) is 0 Å². The van der Waals surface area contributed by atoms with Crippen LogP contribution in [0.25, 0.3) is 5.57 Å². The molecule has 1 aromatic carbocycles. The molecule has 2 rings (SSSR count). The van der Waals surface area contributed by atoms with E-state index in [-0.39, 0.29) is 0 Å². The third-order valence-electron chi connectivity index (χ3n) is 2.91. The number of aryl methyl sites for hydroxylation is 2. The summed E-state index contributed by atoms with van der Waals surface area (Å²) >= 11 is 0. The fourth-order valence-corrected chi connectivity index (χ4v) is 2.10. The SMILES string of the molecule is COc1cc2c(cc1C)CCC=C2C. The van der Waals surface area contributed by atoms with E-state index < -0.39 is 0 Å². The summed E-state index contributed by atoms with van der Waals surface area (Å²) in [5.74, 6) is 0.999. The van der Waals surface area contributed by atoms with Crippen molar-refractivity contribution >= 4 is 5.57 Å². The van der Waals surface area contributed by atoms with E-state index in [2.05, 4.69) is 32.1 Å². The lowest BCUT2D eigenvalue weighted by Crippen LogP contribution is -2.00. The number of rotatable bonds is 1. The van der Waals surface area contributed by atoms with Crippen molar-refractivity contribution in [3.8, 4) is 5.75 Å². The second-order valence-corrected chi connectivity index (χ2v) is 3.90. The third kappa shape index (κ3) is 1.43. The zero-order valence-corrected chi connectivity index (χ0v) is 9.05. The molecule has 0 aromatic heterocycles. The first-order valence-corrected chi connectivity index (χ1v) is 5.07. The molecule has 74 valence electrons. The summed E-state index contributed by atoms with van der Waals surface area (Å²) in [4.78, 5) is 0. The lowest BCUT2D eigenvalue weighted by molar-refractivity contribution is 0.411. The topological polar surface area (TPSA) is 9.23 Å². The average molecular weight is 188 g/mol. The molecule has 0 fully saturated rings. The minimum atomic E-state index is 0.999. The molecular weight excluding hydrogens is 172 g/mol. The maximum absolute atomic E-state index is 5.33. The van der Waals surface area contributed by atoms with Crippen LogP contribution in [0.3, 0.4) is 0 Å². The number of methoxy groups -OCH3 is 1. The second-order valence-electron chi connectivity index (χ2n) is 3.90. The molecule has 1 nitrogen and oxygen atoms in total. The monoisotopic (exact) mass is 188 g/mol. The van der Waals surface area contributed by atoms with Gasteiger partial charge in [-0.15, -0.1) is 0 Å². The maximum atomic E-state index is 5.33. The highest BCUT2D eigenvalue weighted by molar-refractivity contribution is 5.70. The lowest BCUT2D eigenvalue weighted by atomic mass is 9.90. The van der Waals surface area contributed by atoms with Crippen LogP contribution in [0.2, 0.25) is 0 Å². The van der Waals surface area contributed by atoms with Gasteiger partial charge in [-0.1, -0.05) is 12.1 Å². The molecule has 0 atom stereocenters. The maximum Gasteiger partial charge on any atom is 0.122 e. The van der Waals surface area contributed by atoms with E-state index in [1.54, 1.807) is 7.11 Å². The van der Waals surface area contributed by atoms with Crippen LogP contribution >= 0.6 is 0 Å². The summed E-state index contributed by atoms with van der Waals surface area (Å²) in [7, 11) is 1.73. The predicted octanol–water partition coefficient (Wildman–Crippen LogP) is 3.35. The molecule has 0 amide bonds. The van der Waals surface area contributed by atoms with Crippen LogP contribution in [0.1, 0.15) is 30.0 Å². The van der Waals surface area contributed by atoms with Gasteiger partial charge < -0.3 is 4.74 Å². The van der Waals surface area contributed by atoms with Gasteiger partial charge in [0.05, 0.1) is 7.11 Å². The first kappa shape index (κ1) is 9.32. The molecule has 0 unspecified atom stereocenters. The van der Waals surface area contributed by atoms with Gasteiger partial charge in [-0.2, -0.15) is 0 Å². The molecule has 0 saturated heterocycles. The van der Waals surface area contributed by atoms with Gasteiger partial charge in [-0.25, -0.2) is 0 Å². The molecule has 0 spiro atoms. The molecule has 1 aromatic rings. The molecular formula is C13H16O. The molecule has 0 saturated carbocycles. The highest BCUT2D eigenvalue weighted by atomic mass is 16.5. The molecule has 0 N–H and O–H groups in total. The highest BCUT2D eigenvalue weighted by Gasteiger charge is 2.12. The van der Waals surface area contributed by atoms with Crippen LogP contribution in [0.4, 0.5) is 0 Å². The fraction of sp³-hybridized carbons (Fsp3) is 0.385. The Bertz CT molecular complexity index is 388. The number of benzene rings is 1. The first-order valence-electron chi connectivity index (χ1n) is 5.07. The minimum Gasteiger partial charge on any atom is -0.496 e. The van der Waals surface area contributed by atoms with Gasteiger partial charge in [0.2, 0.25) is 0 Å². The Morgan fingerprint density at radius 2 is 2.00 bits per heavy atom. The van der Waals surface area contributed by atoms with Crippen LogP contribution < -0.4 is 4.74 Å². The Labute approximate surface area is 85.4 Å². The van der Waals surface area contributed by atoms with Gasteiger partial charge >= 0.3 is 0 Å². The Balaban J connectivity index is 2.57. The first-order chi connectivity index (χ1) is 6.72. The van der Waals surface area contributed by atoms with Crippen molar-refractivity contribution in [2.75, 3.05) is 7.11 Å². The lowest BCUT2D eigenvalue weighted by Gasteiger charge is -2.17. The third-order valence-corrected chi connectivity index (χ3v) is 2.91. The summed E-state index contributed by atoms with van der Waals surface area (Å²) in [6.45, 7) is 4.28. The predicted molar refractivity (Wildman–Crippen MR) is 59.7 cm³/mol. The number of ether oxygens (including phenoxy) is 1. The van der Waals surface area contributed by atoms with Crippen LogP contribution in [0.5, 0.6) is 5.75 Å². The number of fused-ring (bicyclic) bond motifs is 1. The van der Waals surface area contributed by atoms with Gasteiger partial charge in [0.1, 0.15) is 5.75 Å². The van der Waals surface area contributed by atoms with Crippen molar-refractivity contribution in [3.05, 3.63) is 34.9 Å². The van der Waals surface area contributed by atoms with Crippen molar-refractivity contribution in [2.45, 2.75) is 26.7 Å². The Kier molecular flexibility index (Phi) is 2.32. The van der Waals surface area contributed by atoms with Crippen molar-refractivity contribution in [1.29, 1.82) is 0 Å². The van der Waals surface area contributed by atoms with Gasteiger partial charge in [0.25, 0.3) is 0 Å². The summed E-state index contributed by atoms with van der Waals surface area (Å²) < 4.78 is 5.33. The summed E-state index contributed by atoms with van der Waals surface area (Å²) in [5, 5.41) is 0.